The molecule has 0 unspecified atom stereocenters. The minimum absolute atomic E-state index is 0.0304. The average Bonchev–Trinajstić information content (AvgIpc) is 2.47. The monoisotopic (exact) mass is 232 g/mol. The van der Waals surface area contributed by atoms with Crippen molar-refractivity contribution < 1.29 is 8.42 Å². The standard InChI is InChI=1S/C8H16N4O2S/c1-6(4-9)11-15(13,14)8-5-12(3)7(2)10-8/h5-6,11H,4,9H2,1-3H3/t6-/m0/s1. The van der Waals surface area contributed by atoms with E-state index in [0.717, 1.165) is 0 Å². The number of rotatable bonds is 4. The van der Waals surface area contributed by atoms with Gasteiger partial charge in [0.1, 0.15) is 5.82 Å². The summed E-state index contributed by atoms with van der Waals surface area (Å²) in [6.07, 6.45) is 1.47. The molecule has 0 spiro atoms. The van der Waals surface area contributed by atoms with Gasteiger partial charge >= 0.3 is 0 Å². The molecule has 0 amide bonds. The SMILES string of the molecule is Cc1nc(S(=O)(=O)N[C@@H](C)CN)cn1C. The number of aromatic nitrogens is 2. The highest BCUT2D eigenvalue weighted by Gasteiger charge is 2.20. The van der Waals surface area contributed by atoms with E-state index in [1.54, 1.807) is 25.5 Å². The Morgan fingerprint density at radius 3 is 2.67 bits per heavy atom. The predicted octanol–water partition coefficient (Wildman–Crippen LogP) is -0.646. The normalized spacial score (nSPS) is 14.1. The molecule has 0 saturated heterocycles. The minimum Gasteiger partial charge on any atom is -0.337 e. The summed E-state index contributed by atoms with van der Waals surface area (Å²) in [5, 5.41) is 0.0304. The Morgan fingerprint density at radius 2 is 2.27 bits per heavy atom. The first-order valence-electron chi connectivity index (χ1n) is 4.59. The molecule has 86 valence electrons. The highest BCUT2D eigenvalue weighted by Crippen LogP contribution is 2.07. The van der Waals surface area contributed by atoms with Crippen LogP contribution in [0.2, 0.25) is 0 Å². The lowest BCUT2D eigenvalue weighted by molar-refractivity contribution is 0.559. The van der Waals surface area contributed by atoms with Crippen LogP contribution >= 0.6 is 0 Å². The van der Waals surface area contributed by atoms with Gasteiger partial charge in [-0.15, -0.1) is 0 Å². The third-order valence-corrected chi connectivity index (χ3v) is 3.53. The first kappa shape index (κ1) is 12.2. The van der Waals surface area contributed by atoms with Crippen LogP contribution < -0.4 is 10.5 Å². The van der Waals surface area contributed by atoms with Crippen molar-refractivity contribution in [3.8, 4) is 0 Å². The first-order chi connectivity index (χ1) is 6.86. The van der Waals surface area contributed by atoms with E-state index in [1.807, 2.05) is 0 Å². The molecule has 15 heavy (non-hydrogen) atoms. The van der Waals surface area contributed by atoms with Crippen LogP contribution in [0.1, 0.15) is 12.7 Å². The molecule has 0 bridgehead atoms. The highest BCUT2D eigenvalue weighted by atomic mass is 32.2. The summed E-state index contributed by atoms with van der Waals surface area (Å²) in [5.74, 6) is 0.649. The molecule has 1 atom stereocenters. The van der Waals surface area contributed by atoms with Gasteiger partial charge in [0.2, 0.25) is 0 Å². The summed E-state index contributed by atoms with van der Waals surface area (Å²) >= 11 is 0. The fourth-order valence-corrected chi connectivity index (χ4v) is 2.32. The Morgan fingerprint density at radius 1 is 1.67 bits per heavy atom. The molecule has 0 aromatic carbocycles. The third kappa shape index (κ3) is 2.77. The summed E-state index contributed by atoms with van der Waals surface area (Å²) in [6, 6.07) is -0.294. The third-order valence-electron chi connectivity index (χ3n) is 2.07. The minimum atomic E-state index is -3.54. The maximum absolute atomic E-state index is 11.7. The van der Waals surface area contributed by atoms with Crippen molar-refractivity contribution in [3.05, 3.63) is 12.0 Å². The lowest BCUT2D eigenvalue weighted by atomic mass is 10.4. The zero-order valence-electron chi connectivity index (χ0n) is 9.06. The van der Waals surface area contributed by atoms with Crippen LogP contribution in [0.25, 0.3) is 0 Å². The number of hydrogen-bond donors (Lipinski definition) is 2. The highest BCUT2D eigenvalue weighted by molar-refractivity contribution is 7.89. The lowest BCUT2D eigenvalue weighted by Crippen LogP contribution is -2.37. The van der Waals surface area contributed by atoms with Gasteiger partial charge in [0.25, 0.3) is 10.0 Å². The van der Waals surface area contributed by atoms with Crippen LogP contribution in [0.4, 0.5) is 0 Å². The Labute approximate surface area is 89.5 Å². The Hall–Kier alpha value is -0.920. The van der Waals surface area contributed by atoms with Crippen molar-refractivity contribution in [1.29, 1.82) is 0 Å². The van der Waals surface area contributed by atoms with Crippen LogP contribution in [0.3, 0.4) is 0 Å². The summed E-state index contributed by atoms with van der Waals surface area (Å²) in [6.45, 7) is 3.70. The van der Waals surface area contributed by atoms with E-state index in [-0.39, 0.29) is 17.6 Å². The average molecular weight is 232 g/mol. The molecule has 0 aliphatic rings. The molecule has 1 aromatic rings. The van der Waals surface area contributed by atoms with Crippen molar-refractivity contribution in [1.82, 2.24) is 14.3 Å². The predicted molar refractivity (Wildman–Crippen MR) is 56.8 cm³/mol. The fraction of sp³-hybridized carbons (Fsp3) is 0.625. The molecule has 0 aliphatic heterocycles. The zero-order valence-corrected chi connectivity index (χ0v) is 9.87. The molecular formula is C8H16N4O2S. The summed E-state index contributed by atoms with van der Waals surface area (Å²) in [5.41, 5.74) is 5.34. The molecule has 1 heterocycles. The molecule has 6 nitrogen and oxygen atoms in total. The van der Waals surface area contributed by atoms with E-state index in [0.29, 0.717) is 5.82 Å². The molecule has 0 fully saturated rings. The van der Waals surface area contributed by atoms with Gasteiger partial charge in [0, 0.05) is 25.8 Å². The second kappa shape index (κ2) is 4.30. The van der Waals surface area contributed by atoms with E-state index in [9.17, 15) is 8.42 Å². The van der Waals surface area contributed by atoms with Crippen LogP contribution in [-0.2, 0) is 17.1 Å². The number of nitrogens with one attached hydrogen (secondary N) is 1. The number of sulfonamides is 1. The molecule has 0 aliphatic carbocycles. The van der Waals surface area contributed by atoms with E-state index >= 15 is 0 Å². The van der Waals surface area contributed by atoms with Crippen molar-refractivity contribution in [2.45, 2.75) is 24.9 Å². The smallest absolute Gasteiger partial charge is 0.259 e. The zero-order chi connectivity index (χ0) is 11.6. The van der Waals surface area contributed by atoms with Gasteiger partial charge in [-0.2, -0.15) is 0 Å². The Bertz CT molecular complexity index is 418. The van der Waals surface area contributed by atoms with Gasteiger partial charge in [-0.25, -0.2) is 18.1 Å². The van der Waals surface area contributed by atoms with Gasteiger partial charge in [-0.1, -0.05) is 0 Å². The lowest BCUT2D eigenvalue weighted by Gasteiger charge is -2.09. The molecule has 7 heteroatoms. The van der Waals surface area contributed by atoms with Gasteiger partial charge in [-0.05, 0) is 13.8 Å². The van der Waals surface area contributed by atoms with Crippen molar-refractivity contribution in [2.75, 3.05) is 6.54 Å². The first-order valence-corrected chi connectivity index (χ1v) is 6.07. The fourth-order valence-electron chi connectivity index (χ4n) is 1.03. The van der Waals surface area contributed by atoms with Crippen LogP contribution in [0, 0.1) is 6.92 Å². The Kier molecular flexibility index (Phi) is 3.48. The van der Waals surface area contributed by atoms with Crippen LogP contribution in [0.15, 0.2) is 11.2 Å². The van der Waals surface area contributed by atoms with E-state index in [4.69, 9.17) is 5.73 Å². The van der Waals surface area contributed by atoms with E-state index in [1.165, 1.54) is 6.20 Å². The van der Waals surface area contributed by atoms with Crippen LogP contribution in [0.5, 0.6) is 0 Å². The molecule has 0 saturated carbocycles. The largest absolute Gasteiger partial charge is 0.337 e. The molecule has 3 N–H and O–H groups in total. The second-order valence-electron chi connectivity index (χ2n) is 3.50. The summed E-state index contributed by atoms with van der Waals surface area (Å²) < 4.78 is 27.5. The van der Waals surface area contributed by atoms with E-state index in [2.05, 4.69) is 9.71 Å². The summed E-state index contributed by atoms with van der Waals surface area (Å²) in [4.78, 5) is 3.94. The molecule has 0 radical (unpaired) electrons. The van der Waals surface area contributed by atoms with Crippen molar-refractivity contribution in [3.63, 3.8) is 0 Å². The number of nitrogens with two attached hydrogens (primary N) is 1. The maximum Gasteiger partial charge on any atom is 0.259 e. The van der Waals surface area contributed by atoms with Gasteiger partial charge in [0.05, 0.1) is 0 Å². The van der Waals surface area contributed by atoms with Crippen molar-refractivity contribution >= 4 is 10.0 Å². The van der Waals surface area contributed by atoms with Gasteiger partial charge in [-0.3, -0.25) is 0 Å². The van der Waals surface area contributed by atoms with Crippen LogP contribution in [-0.4, -0.2) is 30.6 Å². The molecular weight excluding hydrogens is 216 g/mol. The topological polar surface area (TPSA) is 90.0 Å². The van der Waals surface area contributed by atoms with E-state index < -0.39 is 10.0 Å². The quantitative estimate of drug-likeness (QED) is 0.722. The van der Waals surface area contributed by atoms with Gasteiger partial charge in [0.15, 0.2) is 5.03 Å². The Balaban J connectivity index is 2.96. The number of hydrogen-bond acceptors (Lipinski definition) is 4. The van der Waals surface area contributed by atoms with Crippen molar-refractivity contribution in [2.24, 2.45) is 12.8 Å². The summed E-state index contributed by atoms with van der Waals surface area (Å²) in [7, 11) is -1.79. The number of aryl methyl sites for hydroxylation is 2. The maximum atomic E-state index is 11.7. The molecule has 1 rings (SSSR count). The number of nitrogens with zero attached hydrogens (tertiary/aromatic N) is 2. The number of imidazole rings is 1. The second-order valence-corrected chi connectivity index (χ2v) is 5.16. The van der Waals surface area contributed by atoms with Gasteiger partial charge < -0.3 is 10.3 Å². The molecule has 1 aromatic heterocycles.